The lowest BCUT2D eigenvalue weighted by Gasteiger charge is -2.41. The molecule has 0 radical (unpaired) electrons. The molecular formula is C52H96NO12P. The Morgan fingerprint density at radius 3 is 1.50 bits per heavy atom. The van der Waals surface area contributed by atoms with E-state index in [1.807, 2.05) is 0 Å². The molecule has 13 nitrogen and oxygen atoms in total. The molecule has 14 heteroatoms. The Labute approximate surface area is 399 Å². The zero-order valence-electron chi connectivity index (χ0n) is 41.1. The molecule has 0 aliphatic heterocycles. The van der Waals surface area contributed by atoms with Gasteiger partial charge in [0, 0.05) is 0 Å². The van der Waals surface area contributed by atoms with Gasteiger partial charge in [-0.05, 0) is 57.8 Å². The number of allylic oxidation sites excluding steroid dienone is 7. The van der Waals surface area contributed by atoms with Gasteiger partial charge in [-0.25, -0.2) is 4.57 Å². The lowest BCUT2D eigenvalue weighted by molar-refractivity contribution is -0.220. The minimum absolute atomic E-state index is 0.254. The summed E-state index contributed by atoms with van der Waals surface area (Å²) in [7, 11) is -5.15. The van der Waals surface area contributed by atoms with Crippen molar-refractivity contribution in [2.75, 3.05) is 6.61 Å². The second-order valence-corrected chi connectivity index (χ2v) is 19.9. The summed E-state index contributed by atoms with van der Waals surface area (Å²) in [6, 6.07) is -1.26. The number of aliphatic hydroxyl groups excluding tert-OH is 7. The Kier molecular flexibility index (Phi) is 38.8. The Bertz CT molecular complexity index is 1310. The zero-order valence-corrected chi connectivity index (χ0v) is 42.0. The molecule has 66 heavy (non-hydrogen) atoms. The van der Waals surface area contributed by atoms with Crippen molar-refractivity contribution in [3.05, 3.63) is 48.6 Å². The maximum Gasteiger partial charge on any atom is 0.472 e. The van der Waals surface area contributed by atoms with Gasteiger partial charge in [0.05, 0.1) is 31.3 Å². The molecule has 0 aromatic heterocycles. The molecule has 0 spiro atoms. The van der Waals surface area contributed by atoms with Gasteiger partial charge in [-0.15, -0.1) is 0 Å². The number of hydrogen-bond donors (Lipinski definition) is 9. The number of hydrogen-bond acceptors (Lipinski definition) is 11. The van der Waals surface area contributed by atoms with Crippen molar-refractivity contribution < 1.29 is 59.0 Å². The summed E-state index contributed by atoms with van der Waals surface area (Å²) in [5, 5.41) is 74.7. The topological polar surface area (TPSA) is 226 Å². The van der Waals surface area contributed by atoms with Gasteiger partial charge >= 0.3 is 7.82 Å². The van der Waals surface area contributed by atoms with Crippen LogP contribution in [-0.4, -0.2) is 108 Å². The fourth-order valence-electron chi connectivity index (χ4n) is 8.18. The minimum Gasteiger partial charge on any atom is -0.393 e. The summed E-state index contributed by atoms with van der Waals surface area (Å²) in [6.07, 6.45) is 36.2. The summed E-state index contributed by atoms with van der Waals surface area (Å²) >= 11 is 0. The van der Waals surface area contributed by atoms with Crippen LogP contribution in [0.1, 0.15) is 213 Å². The molecule has 0 saturated heterocycles. The average Bonchev–Trinajstić information content (AvgIpc) is 3.29. The van der Waals surface area contributed by atoms with Gasteiger partial charge in [0.15, 0.2) is 0 Å². The summed E-state index contributed by atoms with van der Waals surface area (Å²) in [6.45, 7) is 3.65. The fraction of sp³-hybridized carbons (Fsp3) is 0.827. The highest BCUT2D eigenvalue weighted by molar-refractivity contribution is 7.47. The molecule has 8 unspecified atom stereocenters. The highest BCUT2D eigenvalue weighted by Crippen LogP contribution is 2.47. The van der Waals surface area contributed by atoms with Gasteiger partial charge in [-0.1, -0.05) is 197 Å². The molecule has 1 amide bonds. The second-order valence-electron chi connectivity index (χ2n) is 18.5. The first kappa shape index (κ1) is 62.3. The Balaban J connectivity index is 2.49. The summed E-state index contributed by atoms with van der Waals surface area (Å²) in [5.41, 5.74) is 0. The predicted octanol–water partition coefficient (Wildman–Crippen LogP) is 9.87. The van der Waals surface area contributed by atoms with Crippen LogP contribution in [0.25, 0.3) is 0 Å². The third-order valence-corrected chi connectivity index (χ3v) is 13.4. The maximum atomic E-state index is 13.0. The molecule has 386 valence electrons. The van der Waals surface area contributed by atoms with Gasteiger partial charge in [-0.2, -0.15) is 0 Å². The Morgan fingerprint density at radius 2 is 0.985 bits per heavy atom. The number of phosphoric ester groups is 1. The van der Waals surface area contributed by atoms with Crippen molar-refractivity contribution in [1.29, 1.82) is 0 Å². The number of carbonyl (C=O) groups is 1. The lowest BCUT2D eigenvalue weighted by atomic mass is 9.85. The molecule has 9 N–H and O–H groups in total. The van der Waals surface area contributed by atoms with Crippen LogP contribution in [0.4, 0.5) is 0 Å². The van der Waals surface area contributed by atoms with E-state index in [0.29, 0.717) is 12.8 Å². The maximum absolute atomic E-state index is 13.0. The molecule has 1 rings (SSSR count). The first-order valence-electron chi connectivity index (χ1n) is 26.2. The summed E-state index contributed by atoms with van der Waals surface area (Å²) < 4.78 is 22.9. The van der Waals surface area contributed by atoms with E-state index in [1.165, 1.54) is 128 Å². The minimum atomic E-state index is -5.15. The van der Waals surface area contributed by atoms with Crippen LogP contribution >= 0.6 is 7.82 Å². The number of rotatable bonds is 43. The average molecular weight is 958 g/mol. The van der Waals surface area contributed by atoms with Crippen molar-refractivity contribution >= 4 is 13.7 Å². The number of unbranched alkanes of at least 4 members (excludes halogenated alkanes) is 24. The van der Waals surface area contributed by atoms with E-state index in [1.54, 1.807) is 6.08 Å². The van der Waals surface area contributed by atoms with Crippen molar-refractivity contribution in [1.82, 2.24) is 5.32 Å². The van der Waals surface area contributed by atoms with Crippen molar-refractivity contribution in [3.8, 4) is 0 Å². The van der Waals surface area contributed by atoms with Gasteiger partial charge in [0.2, 0.25) is 5.91 Å². The van der Waals surface area contributed by atoms with E-state index in [2.05, 4.69) is 55.6 Å². The molecular weight excluding hydrogens is 862 g/mol. The molecule has 0 aromatic rings. The number of nitrogens with one attached hydrogen (secondary N) is 1. The largest absolute Gasteiger partial charge is 0.472 e. The van der Waals surface area contributed by atoms with E-state index in [9.17, 15) is 50.0 Å². The number of carbonyl (C=O) groups excluding carboxylic acids is 1. The van der Waals surface area contributed by atoms with Crippen LogP contribution in [0.3, 0.4) is 0 Å². The number of amides is 1. The van der Waals surface area contributed by atoms with Crippen LogP contribution in [0.5, 0.6) is 0 Å². The van der Waals surface area contributed by atoms with Gasteiger partial charge < -0.3 is 46.0 Å². The van der Waals surface area contributed by atoms with E-state index in [-0.39, 0.29) is 6.42 Å². The van der Waals surface area contributed by atoms with Gasteiger partial charge in [-0.3, -0.25) is 13.8 Å². The van der Waals surface area contributed by atoms with E-state index < -0.39 is 75.2 Å². The fourth-order valence-corrected chi connectivity index (χ4v) is 9.14. The lowest BCUT2D eigenvalue weighted by Crippen LogP contribution is -2.64. The smallest absolute Gasteiger partial charge is 0.393 e. The van der Waals surface area contributed by atoms with E-state index in [0.717, 1.165) is 57.8 Å². The van der Waals surface area contributed by atoms with Crippen LogP contribution in [0.15, 0.2) is 48.6 Å². The highest BCUT2D eigenvalue weighted by Gasteiger charge is 2.51. The zero-order chi connectivity index (χ0) is 48.7. The third-order valence-electron chi connectivity index (χ3n) is 12.4. The monoisotopic (exact) mass is 958 g/mol. The van der Waals surface area contributed by atoms with Crippen molar-refractivity contribution in [2.45, 2.75) is 268 Å². The molecule has 1 aliphatic rings. The molecule has 0 aromatic carbocycles. The van der Waals surface area contributed by atoms with Gasteiger partial charge in [0.25, 0.3) is 0 Å². The number of aliphatic hydroxyl groups is 7. The molecule has 0 heterocycles. The normalized spacial score (nSPS) is 22.8. The van der Waals surface area contributed by atoms with Crippen LogP contribution in [0, 0.1) is 0 Å². The van der Waals surface area contributed by atoms with Crippen LogP contribution < -0.4 is 5.32 Å². The van der Waals surface area contributed by atoms with Gasteiger partial charge in [0.1, 0.15) is 36.6 Å². The highest BCUT2D eigenvalue weighted by atomic mass is 31.2. The first-order chi connectivity index (χ1) is 31.8. The number of phosphoric acid groups is 1. The van der Waals surface area contributed by atoms with E-state index in [4.69, 9.17) is 9.05 Å². The first-order valence-corrected chi connectivity index (χ1v) is 27.7. The summed E-state index contributed by atoms with van der Waals surface area (Å²) in [5.74, 6) is -0.603. The Hall–Kier alpha value is -1.74. The molecule has 8 atom stereocenters. The summed E-state index contributed by atoms with van der Waals surface area (Å²) in [4.78, 5) is 23.5. The standard InChI is InChI=1S/C52H96NO12P/c1-3-5-7-9-11-13-15-17-19-21-22-24-25-27-29-31-33-35-37-39-43(54)41-46(56)53-44(42-64-66(62,63)65-52-50(60)48(58)47(57)49(59)51(52)61)45(55)40-38-36-34-32-30-28-26-23-20-18-16-14-12-10-8-6-4-2/h5,7,11,13,30,32,38,40,43-45,47-52,54-55,57-61H,3-4,6,8-10,12,14-29,31,33-37,39,41-42H2,1-2H3,(H,53,56)(H,62,63)/b7-5-,13-11-,32-30+,40-38+. The third kappa shape index (κ3) is 32.1. The Morgan fingerprint density at radius 1 is 0.561 bits per heavy atom. The predicted molar refractivity (Wildman–Crippen MR) is 266 cm³/mol. The van der Waals surface area contributed by atoms with Crippen molar-refractivity contribution in [3.63, 3.8) is 0 Å². The second kappa shape index (κ2) is 41.1. The van der Waals surface area contributed by atoms with Crippen LogP contribution in [0.2, 0.25) is 0 Å². The SMILES string of the molecule is CC/C=C\C/C=C\CCCCCCCCCCCCCCC(O)CC(=O)NC(COP(=O)(O)OC1C(O)C(O)C(O)C(O)C1O)C(O)/C=C/CC/C=C/CCCCCCCCCCCCC. The van der Waals surface area contributed by atoms with E-state index >= 15 is 0 Å². The molecule has 1 fully saturated rings. The molecule has 1 aliphatic carbocycles. The molecule has 1 saturated carbocycles. The quantitative estimate of drug-likeness (QED) is 0.0158. The van der Waals surface area contributed by atoms with Crippen molar-refractivity contribution in [2.24, 2.45) is 0 Å². The molecule has 0 bridgehead atoms. The van der Waals surface area contributed by atoms with Crippen LogP contribution in [-0.2, 0) is 18.4 Å².